The monoisotopic (exact) mass is 449 g/mol. The van der Waals surface area contributed by atoms with E-state index in [9.17, 15) is 9.59 Å². The Kier molecular flexibility index (Phi) is 6.45. The smallest absolute Gasteiger partial charge is 0.294 e. The SMILES string of the molecule is Cc1ccccc1N1CCN(CN2C(=O)S/C(=C/c3ccc(C(C)(C)C)cc3)C2=O)CC1. The van der Waals surface area contributed by atoms with Gasteiger partial charge in [0.25, 0.3) is 11.1 Å². The van der Waals surface area contributed by atoms with E-state index in [0.717, 1.165) is 43.5 Å². The quantitative estimate of drug-likeness (QED) is 0.607. The highest BCUT2D eigenvalue weighted by molar-refractivity contribution is 8.18. The standard InChI is InChI=1S/C26H31N3O2S/c1-19-7-5-6-8-22(19)28-15-13-27(14-16-28)18-29-24(30)23(32-25(29)31)17-20-9-11-21(12-10-20)26(2,3)4/h5-12,17H,13-16,18H2,1-4H3/b23-17+. The Morgan fingerprint density at radius 3 is 2.22 bits per heavy atom. The van der Waals surface area contributed by atoms with Crippen LogP contribution in [0.25, 0.3) is 6.08 Å². The summed E-state index contributed by atoms with van der Waals surface area (Å²) in [6.45, 7) is 12.4. The molecule has 2 aliphatic rings. The molecule has 5 nitrogen and oxygen atoms in total. The van der Waals surface area contributed by atoms with Crippen LogP contribution in [0.2, 0.25) is 0 Å². The fourth-order valence-electron chi connectivity index (χ4n) is 4.10. The van der Waals surface area contributed by atoms with Crippen molar-refractivity contribution in [1.82, 2.24) is 9.80 Å². The molecule has 168 valence electrons. The number of hydrogen-bond donors (Lipinski definition) is 0. The highest BCUT2D eigenvalue weighted by atomic mass is 32.2. The molecular weight excluding hydrogens is 418 g/mol. The normalized spacial score (nSPS) is 19.3. The van der Waals surface area contributed by atoms with Gasteiger partial charge in [-0.15, -0.1) is 0 Å². The van der Waals surface area contributed by atoms with Crippen molar-refractivity contribution in [2.75, 3.05) is 37.7 Å². The second kappa shape index (κ2) is 9.12. The summed E-state index contributed by atoms with van der Waals surface area (Å²) in [5.41, 5.74) is 4.80. The molecule has 2 heterocycles. The summed E-state index contributed by atoms with van der Waals surface area (Å²) in [5, 5.41) is -0.186. The molecule has 2 aromatic rings. The van der Waals surface area contributed by atoms with Gasteiger partial charge in [0.05, 0.1) is 11.6 Å². The summed E-state index contributed by atoms with van der Waals surface area (Å²) in [4.78, 5) is 31.9. The molecule has 2 aliphatic heterocycles. The summed E-state index contributed by atoms with van der Waals surface area (Å²) in [7, 11) is 0. The Morgan fingerprint density at radius 2 is 1.59 bits per heavy atom. The molecular formula is C26H31N3O2S. The molecule has 0 bridgehead atoms. The van der Waals surface area contributed by atoms with Gasteiger partial charge in [-0.1, -0.05) is 63.2 Å². The number of carbonyl (C=O) groups excluding carboxylic acids is 2. The lowest BCUT2D eigenvalue weighted by Crippen LogP contribution is -2.51. The molecule has 0 N–H and O–H groups in total. The zero-order valence-electron chi connectivity index (χ0n) is 19.3. The lowest BCUT2D eigenvalue weighted by Gasteiger charge is -2.37. The Balaban J connectivity index is 1.37. The van der Waals surface area contributed by atoms with E-state index < -0.39 is 0 Å². The molecule has 4 rings (SSSR count). The van der Waals surface area contributed by atoms with Crippen molar-refractivity contribution in [1.29, 1.82) is 0 Å². The van der Waals surface area contributed by atoms with E-state index in [-0.39, 0.29) is 16.6 Å². The molecule has 0 saturated carbocycles. The number of nitrogens with zero attached hydrogens (tertiary/aromatic N) is 3. The van der Waals surface area contributed by atoms with Crippen molar-refractivity contribution < 1.29 is 9.59 Å². The van der Waals surface area contributed by atoms with Crippen LogP contribution >= 0.6 is 11.8 Å². The maximum Gasteiger partial charge on any atom is 0.294 e. The predicted octanol–water partition coefficient (Wildman–Crippen LogP) is 5.11. The number of anilines is 1. The van der Waals surface area contributed by atoms with Crippen LogP contribution in [0.5, 0.6) is 0 Å². The van der Waals surface area contributed by atoms with Crippen molar-refractivity contribution in [2.45, 2.75) is 33.1 Å². The fourth-order valence-corrected chi connectivity index (χ4v) is 4.93. The van der Waals surface area contributed by atoms with Crippen LogP contribution in [-0.4, -0.2) is 53.8 Å². The van der Waals surface area contributed by atoms with Crippen LogP contribution in [0.1, 0.15) is 37.5 Å². The number of imide groups is 1. The predicted molar refractivity (Wildman–Crippen MR) is 133 cm³/mol. The third-order valence-electron chi connectivity index (χ3n) is 6.12. The first-order valence-corrected chi connectivity index (χ1v) is 11.9. The van der Waals surface area contributed by atoms with Gasteiger partial charge in [-0.05, 0) is 52.9 Å². The molecule has 0 aromatic heterocycles. The topological polar surface area (TPSA) is 43.9 Å². The summed E-state index contributed by atoms with van der Waals surface area (Å²) >= 11 is 1.04. The minimum Gasteiger partial charge on any atom is -0.369 e. The van der Waals surface area contributed by atoms with Crippen molar-refractivity contribution >= 4 is 34.7 Å². The third-order valence-corrected chi connectivity index (χ3v) is 7.03. The minimum absolute atomic E-state index is 0.0829. The van der Waals surface area contributed by atoms with E-state index in [0.29, 0.717) is 11.6 Å². The zero-order valence-corrected chi connectivity index (χ0v) is 20.1. The number of piperazine rings is 1. The van der Waals surface area contributed by atoms with E-state index in [1.54, 1.807) is 0 Å². The lowest BCUT2D eigenvalue weighted by atomic mass is 9.87. The first-order valence-electron chi connectivity index (χ1n) is 11.1. The lowest BCUT2D eigenvalue weighted by molar-refractivity contribution is -0.124. The Hall–Kier alpha value is -2.57. The number of thioether (sulfide) groups is 1. The van der Waals surface area contributed by atoms with Crippen LogP contribution in [0.15, 0.2) is 53.4 Å². The van der Waals surface area contributed by atoms with Crippen LogP contribution < -0.4 is 4.90 Å². The number of carbonyl (C=O) groups is 2. The van der Waals surface area contributed by atoms with Gasteiger partial charge in [-0.2, -0.15) is 0 Å². The largest absolute Gasteiger partial charge is 0.369 e. The number of rotatable bonds is 4. The second-order valence-electron chi connectivity index (χ2n) is 9.51. The number of hydrogen-bond acceptors (Lipinski definition) is 5. The number of amides is 2. The van der Waals surface area contributed by atoms with E-state index in [2.05, 4.69) is 73.9 Å². The molecule has 0 spiro atoms. The first-order chi connectivity index (χ1) is 15.2. The fraction of sp³-hybridized carbons (Fsp3) is 0.385. The molecule has 0 aliphatic carbocycles. The summed E-state index contributed by atoms with van der Waals surface area (Å²) < 4.78 is 0. The van der Waals surface area contributed by atoms with Gasteiger partial charge in [0, 0.05) is 31.9 Å². The first kappa shape index (κ1) is 22.6. The van der Waals surface area contributed by atoms with Gasteiger partial charge in [0.2, 0.25) is 0 Å². The van der Waals surface area contributed by atoms with E-state index >= 15 is 0 Å². The molecule has 0 atom stereocenters. The number of aryl methyl sites for hydroxylation is 1. The minimum atomic E-state index is -0.193. The molecule has 2 aromatic carbocycles. The highest BCUT2D eigenvalue weighted by Gasteiger charge is 2.36. The summed E-state index contributed by atoms with van der Waals surface area (Å²) in [5.74, 6) is -0.193. The maximum absolute atomic E-state index is 12.9. The molecule has 6 heteroatoms. The molecule has 0 unspecified atom stereocenters. The molecule has 2 fully saturated rings. The zero-order chi connectivity index (χ0) is 22.9. The Bertz CT molecular complexity index is 1030. The molecule has 32 heavy (non-hydrogen) atoms. The van der Waals surface area contributed by atoms with Gasteiger partial charge >= 0.3 is 0 Å². The van der Waals surface area contributed by atoms with Gasteiger partial charge in [0.1, 0.15) is 0 Å². The molecule has 2 amide bonds. The van der Waals surface area contributed by atoms with Crippen molar-refractivity contribution in [2.24, 2.45) is 0 Å². The van der Waals surface area contributed by atoms with Gasteiger partial charge in [-0.3, -0.25) is 19.4 Å². The highest BCUT2D eigenvalue weighted by Crippen LogP contribution is 2.33. The van der Waals surface area contributed by atoms with Crippen LogP contribution in [-0.2, 0) is 10.2 Å². The van der Waals surface area contributed by atoms with Crippen molar-refractivity contribution in [3.63, 3.8) is 0 Å². The molecule has 0 radical (unpaired) electrons. The van der Waals surface area contributed by atoms with E-state index in [1.807, 2.05) is 18.2 Å². The van der Waals surface area contributed by atoms with E-state index in [1.165, 1.54) is 21.7 Å². The van der Waals surface area contributed by atoms with Crippen molar-refractivity contribution in [3.05, 3.63) is 70.1 Å². The maximum atomic E-state index is 12.9. The average Bonchev–Trinajstić information content (AvgIpc) is 3.02. The summed E-state index contributed by atoms with van der Waals surface area (Å²) in [6, 6.07) is 16.6. The van der Waals surface area contributed by atoms with Gasteiger partial charge < -0.3 is 4.90 Å². The second-order valence-corrected chi connectivity index (χ2v) is 10.5. The number of para-hydroxylation sites is 1. The van der Waals surface area contributed by atoms with Gasteiger partial charge in [-0.25, -0.2) is 0 Å². The molecule has 2 saturated heterocycles. The van der Waals surface area contributed by atoms with Crippen molar-refractivity contribution in [3.8, 4) is 0 Å². The van der Waals surface area contributed by atoms with Crippen LogP contribution in [0, 0.1) is 6.92 Å². The summed E-state index contributed by atoms with van der Waals surface area (Å²) in [6.07, 6.45) is 1.83. The van der Waals surface area contributed by atoms with Crippen LogP contribution in [0.3, 0.4) is 0 Å². The average molecular weight is 450 g/mol. The van der Waals surface area contributed by atoms with Crippen LogP contribution in [0.4, 0.5) is 10.5 Å². The Labute approximate surface area is 195 Å². The van der Waals surface area contributed by atoms with Gasteiger partial charge in [0.15, 0.2) is 0 Å². The Morgan fingerprint density at radius 1 is 0.938 bits per heavy atom. The number of benzene rings is 2. The van der Waals surface area contributed by atoms with E-state index in [4.69, 9.17) is 0 Å². The third kappa shape index (κ3) is 4.92.